The zero-order valence-electron chi connectivity index (χ0n) is 11.5. The van der Waals surface area contributed by atoms with Gasteiger partial charge in [0, 0.05) is 0 Å². The number of hydrogen-bond acceptors (Lipinski definition) is 3. The first-order chi connectivity index (χ1) is 9.50. The number of carbonyl (C=O) groups is 2. The topological polar surface area (TPSA) is 94.8 Å². The number of aliphatic carboxylic acids is 2. The summed E-state index contributed by atoms with van der Waals surface area (Å²) < 4.78 is 0. The predicted octanol–water partition coefficient (Wildman–Crippen LogP) is 0.896. The van der Waals surface area contributed by atoms with Crippen LogP contribution in [0.5, 0.6) is 0 Å². The fraction of sp³-hybridized carbons (Fsp3) is 0.733. The van der Waals surface area contributed by atoms with Crippen LogP contribution in [-0.2, 0) is 9.59 Å². The van der Waals surface area contributed by atoms with E-state index >= 15 is 0 Å². The molecule has 0 aromatic rings. The number of carboxylic acids is 2. The minimum atomic E-state index is -1.10. The summed E-state index contributed by atoms with van der Waals surface area (Å²) in [4.78, 5) is 23.2. The molecule has 0 saturated heterocycles. The van der Waals surface area contributed by atoms with Gasteiger partial charge in [-0.05, 0) is 50.4 Å². The summed E-state index contributed by atoms with van der Waals surface area (Å²) in [6.45, 7) is 0. The molecule has 3 N–H and O–H groups in total. The van der Waals surface area contributed by atoms with Gasteiger partial charge in [-0.2, -0.15) is 0 Å². The van der Waals surface area contributed by atoms with Gasteiger partial charge in [-0.1, -0.05) is 12.8 Å². The third-order valence-electron chi connectivity index (χ3n) is 4.62. The quantitative estimate of drug-likeness (QED) is 0.526. The molecule has 2 aliphatic carbocycles. The molecule has 2 aliphatic rings. The van der Waals surface area contributed by atoms with Crippen LogP contribution < -0.4 is 0 Å². The Hall–Kier alpha value is 0.640. The van der Waals surface area contributed by atoms with Gasteiger partial charge in [0.05, 0.1) is 17.3 Å². The summed E-state index contributed by atoms with van der Waals surface area (Å²) in [7, 11) is 0. The van der Waals surface area contributed by atoms with E-state index < -0.39 is 11.9 Å². The summed E-state index contributed by atoms with van der Waals surface area (Å²) in [6.07, 6.45) is 5.34. The maximum atomic E-state index is 11.6. The molecule has 5 nitrogen and oxygen atoms in total. The van der Waals surface area contributed by atoms with Crippen LogP contribution in [0.2, 0.25) is 0 Å². The summed E-state index contributed by atoms with van der Waals surface area (Å²) >= 11 is 0. The molecule has 0 aromatic heterocycles. The molecular formula is C15H24Na2O5. The van der Waals surface area contributed by atoms with Crippen LogP contribution >= 0.6 is 0 Å². The zero-order chi connectivity index (χ0) is 14.7. The molecule has 0 radical (unpaired) electrons. The van der Waals surface area contributed by atoms with E-state index in [2.05, 4.69) is 0 Å². The second-order valence-corrected chi connectivity index (χ2v) is 5.92. The Labute approximate surface area is 175 Å². The molecule has 22 heavy (non-hydrogen) atoms. The number of rotatable bonds is 4. The van der Waals surface area contributed by atoms with Crippen molar-refractivity contribution in [1.82, 2.24) is 0 Å². The molecule has 0 bridgehead atoms. The molecule has 0 heterocycles. The summed E-state index contributed by atoms with van der Waals surface area (Å²) in [6, 6.07) is 0. The molecule has 0 aromatic carbocycles. The third kappa shape index (κ3) is 5.62. The van der Waals surface area contributed by atoms with Gasteiger partial charge in [0.2, 0.25) is 0 Å². The van der Waals surface area contributed by atoms with Gasteiger partial charge in [0.15, 0.2) is 0 Å². The first kappa shape index (κ1) is 22.6. The van der Waals surface area contributed by atoms with Gasteiger partial charge in [0.1, 0.15) is 0 Å². The number of hydrogen-bond donors (Lipinski definition) is 3. The predicted molar refractivity (Wildman–Crippen MR) is 86.5 cm³/mol. The Morgan fingerprint density at radius 1 is 0.682 bits per heavy atom. The molecule has 0 atom stereocenters. The van der Waals surface area contributed by atoms with E-state index in [1.165, 1.54) is 0 Å². The molecular weight excluding hydrogens is 306 g/mol. The summed E-state index contributed by atoms with van der Waals surface area (Å²) in [5.41, 5.74) is 0.215. The van der Waals surface area contributed by atoms with Gasteiger partial charge < -0.3 is 15.3 Å². The summed E-state index contributed by atoms with van der Waals surface area (Å²) in [5.74, 6) is -2.54. The van der Waals surface area contributed by atoms with Crippen LogP contribution in [0.4, 0.5) is 0 Å². The van der Waals surface area contributed by atoms with Gasteiger partial charge in [-0.15, -0.1) is 0 Å². The van der Waals surface area contributed by atoms with E-state index in [-0.39, 0.29) is 88.2 Å². The Morgan fingerprint density at radius 2 is 1.05 bits per heavy atom. The van der Waals surface area contributed by atoms with E-state index in [0.717, 1.165) is 25.7 Å². The van der Waals surface area contributed by atoms with Crippen molar-refractivity contribution < 1.29 is 24.9 Å². The molecule has 7 heteroatoms. The fourth-order valence-corrected chi connectivity index (χ4v) is 3.60. The van der Waals surface area contributed by atoms with Crippen LogP contribution in [0, 0.1) is 11.8 Å². The maximum absolute atomic E-state index is 11.6. The van der Waals surface area contributed by atoms with E-state index in [0.29, 0.717) is 25.7 Å². The van der Waals surface area contributed by atoms with Crippen LogP contribution in [0.15, 0.2) is 11.1 Å². The SMILES string of the molecule is O=C(O)/C(=C(\C(=O)O)C1CCC(O)CC1)C1CCCC1.[NaH].[NaH]. The van der Waals surface area contributed by atoms with Crippen molar-refractivity contribution in [2.75, 3.05) is 0 Å². The van der Waals surface area contributed by atoms with E-state index in [1.54, 1.807) is 0 Å². The Kier molecular flexibility index (Phi) is 10.8. The average Bonchev–Trinajstić information content (AvgIpc) is 2.89. The molecule has 0 aliphatic heterocycles. The first-order valence-corrected chi connectivity index (χ1v) is 7.39. The molecule has 0 spiro atoms. The van der Waals surface area contributed by atoms with Crippen molar-refractivity contribution in [3.05, 3.63) is 11.1 Å². The van der Waals surface area contributed by atoms with Crippen LogP contribution in [-0.4, -0.2) is 92.5 Å². The van der Waals surface area contributed by atoms with Crippen molar-refractivity contribution in [3.8, 4) is 0 Å². The second kappa shape index (κ2) is 10.5. The number of carboxylic acid groups (broad SMARTS) is 2. The van der Waals surface area contributed by atoms with E-state index in [9.17, 15) is 24.9 Å². The van der Waals surface area contributed by atoms with Crippen molar-refractivity contribution in [3.63, 3.8) is 0 Å². The van der Waals surface area contributed by atoms with Crippen LogP contribution in [0.25, 0.3) is 0 Å². The van der Waals surface area contributed by atoms with Gasteiger partial charge in [-0.3, -0.25) is 0 Å². The third-order valence-corrected chi connectivity index (χ3v) is 4.62. The summed E-state index contributed by atoms with van der Waals surface area (Å²) in [5, 5.41) is 28.5. The fourth-order valence-electron chi connectivity index (χ4n) is 3.60. The number of aliphatic hydroxyl groups excluding tert-OH is 1. The van der Waals surface area contributed by atoms with Crippen molar-refractivity contribution in [2.24, 2.45) is 11.8 Å². The first-order valence-electron chi connectivity index (χ1n) is 7.39. The molecule has 0 unspecified atom stereocenters. The monoisotopic (exact) mass is 330 g/mol. The van der Waals surface area contributed by atoms with Gasteiger partial charge in [0.25, 0.3) is 0 Å². The minimum absolute atomic E-state index is 0. The number of aliphatic hydroxyl groups is 1. The van der Waals surface area contributed by atoms with Crippen molar-refractivity contribution in [2.45, 2.75) is 57.5 Å². The molecule has 2 saturated carbocycles. The second-order valence-electron chi connectivity index (χ2n) is 5.92. The van der Waals surface area contributed by atoms with Crippen molar-refractivity contribution in [1.29, 1.82) is 0 Å². The van der Waals surface area contributed by atoms with Crippen LogP contribution in [0.3, 0.4) is 0 Å². The normalized spacial score (nSPS) is 26.4. The van der Waals surface area contributed by atoms with Gasteiger partial charge in [-0.25, -0.2) is 9.59 Å². The Bertz CT molecular complexity index is 422. The van der Waals surface area contributed by atoms with Crippen molar-refractivity contribution >= 4 is 71.1 Å². The van der Waals surface area contributed by atoms with E-state index in [1.807, 2.05) is 0 Å². The van der Waals surface area contributed by atoms with Gasteiger partial charge >= 0.3 is 71.1 Å². The average molecular weight is 330 g/mol. The van der Waals surface area contributed by atoms with Crippen LogP contribution in [0.1, 0.15) is 51.4 Å². The van der Waals surface area contributed by atoms with E-state index in [4.69, 9.17) is 0 Å². The Balaban J connectivity index is 0.00000220. The standard InChI is InChI=1S/C15H22O5.2Na.2H/c16-11-7-5-10(6-8-11)13(15(19)20)12(14(17)18)9-3-1-2-4-9;;;;/h9-11,16H,1-8H2,(H,17,18)(H,19,20);;;;/b13-12-;;;;. The zero-order valence-corrected chi connectivity index (χ0v) is 11.5. The molecule has 2 rings (SSSR count). The molecule has 2 fully saturated rings. The molecule has 116 valence electrons. The Morgan fingerprint density at radius 3 is 1.41 bits per heavy atom. The molecule has 0 amide bonds.